The van der Waals surface area contributed by atoms with Crippen LogP contribution in [0.3, 0.4) is 0 Å². The summed E-state index contributed by atoms with van der Waals surface area (Å²) >= 11 is 0. The van der Waals surface area contributed by atoms with Crippen LogP contribution in [-0.2, 0) is 11.3 Å². The van der Waals surface area contributed by atoms with E-state index in [1.165, 1.54) is 0 Å². The molecule has 1 aromatic heterocycles. The van der Waals surface area contributed by atoms with Crippen molar-refractivity contribution >= 4 is 5.97 Å². The van der Waals surface area contributed by atoms with Crippen LogP contribution < -0.4 is 5.32 Å². The topological polar surface area (TPSA) is 71.7 Å². The number of carbonyl (C=O) groups is 1. The lowest BCUT2D eigenvalue weighted by molar-refractivity contribution is 0.0695. The Morgan fingerprint density at radius 2 is 2.35 bits per heavy atom. The normalized spacial score (nSPS) is 12.6. The number of aryl methyl sites for hydroxylation is 1. The standard InChI is InChI=1S/C12H19NO4/c1-4-16-7-8(2)13-6-10-5-11(12(14)15)9(3)17-10/h5,8,13H,4,6-7H2,1-3H3,(H,14,15). The van der Waals surface area contributed by atoms with Gasteiger partial charge in [0.05, 0.1) is 13.2 Å². The molecule has 0 aliphatic heterocycles. The van der Waals surface area contributed by atoms with Crippen molar-refractivity contribution in [1.29, 1.82) is 0 Å². The van der Waals surface area contributed by atoms with Crippen molar-refractivity contribution in [2.75, 3.05) is 13.2 Å². The second kappa shape index (κ2) is 6.42. The smallest absolute Gasteiger partial charge is 0.339 e. The summed E-state index contributed by atoms with van der Waals surface area (Å²) in [7, 11) is 0. The van der Waals surface area contributed by atoms with Gasteiger partial charge in [-0.25, -0.2) is 4.79 Å². The van der Waals surface area contributed by atoms with Gasteiger partial charge >= 0.3 is 5.97 Å². The quantitative estimate of drug-likeness (QED) is 0.761. The number of carboxylic acid groups (broad SMARTS) is 1. The summed E-state index contributed by atoms with van der Waals surface area (Å²) in [6, 6.07) is 1.76. The van der Waals surface area contributed by atoms with Gasteiger partial charge in [0.2, 0.25) is 0 Å². The van der Waals surface area contributed by atoms with Gasteiger partial charge in [0.1, 0.15) is 17.1 Å². The van der Waals surface area contributed by atoms with Crippen molar-refractivity contribution in [2.45, 2.75) is 33.4 Å². The number of ether oxygens (including phenoxy) is 1. The molecule has 0 aromatic carbocycles. The van der Waals surface area contributed by atoms with Crippen molar-refractivity contribution in [2.24, 2.45) is 0 Å². The second-order valence-electron chi connectivity index (χ2n) is 3.93. The van der Waals surface area contributed by atoms with Crippen molar-refractivity contribution in [3.63, 3.8) is 0 Å². The average Bonchev–Trinajstić information content (AvgIpc) is 2.65. The summed E-state index contributed by atoms with van der Waals surface area (Å²) < 4.78 is 10.6. The van der Waals surface area contributed by atoms with E-state index in [4.69, 9.17) is 14.3 Å². The molecule has 0 aliphatic carbocycles. The van der Waals surface area contributed by atoms with Crippen molar-refractivity contribution in [3.05, 3.63) is 23.2 Å². The highest BCUT2D eigenvalue weighted by Gasteiger charge is 2.13. The minimum atomic E-state index is -0.958. The summed E-state index contributed by atoms with van der Waals surface area (Å²) in [5.74, 6) is 0.106. The Balaban J connectivity index is 2.47. The van der Waals surface area contributed by atoms with Crippen LogP contribution in [0.4, 0.5) is 0 Å². The molecule has 2 N–H and O–H groups in total. The lowest BCUT2D eigenvalue weighted by Crippen LogP contribution is -2.29. The van der Waals surface area contributed by atoms with E-state index in [2.05, 4.69) is 5.32 Å². The van der Waals surface area contributed by atoms with Gasteiger partial charge in [0.25, 0.3) is 0 Å². The highest BCUT2D eigenvalue weighted by molar-refractivity contribution is 5.88. The SMILES string of the molecule is CCOCC(C)NCc1cc(C(=O)O)c(C)o1. The monoisotopic (exact) mass is 241 g/mol. The van der Waals surface area contributed by atoms with Gasteiger partial charge in [-0.15, -0.1) is 0 Å². The van der Waals surface area contributed by atoms with Crippen LogP contribution in [0.15, 0.2) is 10.5 Å². The highest BCUT2D eigenvalue weighted by atomic mass is 16.5. The fourth-order valence-electron chi connectivity index (χ4n) is 1.47. The molecule has 0 spiro atoms. The lowest BCUT2D eigenvalue weighted by atomic mass is 10.2. The molecule has 0 aliphatic rings. The molecule has 1 heterocycles. The predicted molar refractivity (Wildman–Crippen MR) is 63.2 cm³/mol. The summed E-state index contributed by atoms with van der Waals surface area (Å²) in [6.45, 7) is 7.42. The zero-order valence-corrected chi connectivity index (χ0v) is 10.4. The Kier molecular flexibility index (Phi) is 5.18. The van der Waals surface area contributed by atoms with Crippen molar-refractivity contribution in [1.82, 2.24) is 5.32 Å². The van der Waals surface area contributed by atoms with E-state index in [0.717, 1.165) is 0 Å². The number of nitrogens with one attached hydrogen (secondary N) is 1. The number of aromatic carboxylic acids is 1. The van der Waals surface area contributed by atoms with Crippen molar-refractivity contribution in [3.8, 4) is 0 Å². The van der Waals surface area contributed by atoms with E-state index in [1.807, 2.05) is 13.8 Å². The summed E-state index contributed by atoms with van der Waals surface area (Å²) in [5, 5.41) is 12.1. The van der Waals surface area contributed by atoms with Gasteiger partial charge in [-0.1, -0.05) is 0 Å². The Morgan fingerprint density at radius 3 is 2.88 bits per heavy atom. The Hall–Kier alpha value is -1.33. The van der Waals surface area contributed by atoms with E-state index < -0.39 is 5.97 Å². The van der Waals surface area contributed by atoms with Gasteiger partial charge in [-0.2, -0.15) is 0 Å². The molecule has 5 nitrogen and oxygen atoms in total. The van der Waals surface area contributed by atoms with Crippen LogP contribution >= 0.6 is 0 Å². The molecule has 1 aromatic rings. The Labute approximate surface area is 101 Å². The number of furan rings is 1. The summed E-state index contributed by atoms with van der Waals surface area (Å²) in [6.07, 6.45) is 0. The minimum absolute atomic E-state index is 0.202. The molecule has 0 saturated heterocycles. The van der Waals surface area contributed by atoms with Crippen LogP contribution in [0.25, 0.3) is 0 Å². The number of hydrogen-bond donors (Lipinski definition) is 2. The first-order valence-corrected chi connectivity index (χ1v) is 5.68. The highest BCUT2D eigenvalue weighted by Crippen LogP contribution is 2.14. The molecular weight excluding hydrogens is 222 g/mol. The van der Waals surface area contributed by atoms with E-state index in [0.29, 0.717) is 31.3 Å². The predicted octanol–water partition coefficient (Wildman–Crippen LogP) is 1.80. The zero-order valence-electron chi connectivity index (χ0n) is 10.4. The number of hydrogen-bond acceptors (Lipinski definition) is 4. The molecule has 0 fully saturated rings. The van der Waals surface area contributed by atoms with Crippen molar-refractivity contribution < 1.29 is 19.1 Å². The average molecular weight is 241 g/mol. The Morgan fingerprint density at radius 1 is 1.65 bits per heavy atom. The molecule has 0 bridgehead atoms. The molecule has 0 radical (unpaired) electrons. The molecule has 5 heteroatoms. The second-order valence-corrected chi connectivity index (χ2v) is 3.93. The fourth-order valence-corrected chi connectivity index (χ4v) is 1.47. The van der Waals surface area contributed by atoms with E-state index in [1.54, 1.807) is 13.0 Å². The molecule has 1 atom stereocenters. The van der Waals surface area contributed by atoms with E-state index >= 15 is 0 Å². The molecule has 0 saturated carbocycles. The maximum atomic E-state index is 10.8. The molecule has 1 rings (SSSR count). The zero-order chi connectivity index (χ0) is 12.8. The third-order valence-corrected chi connectivity index (χ3v) is 2.40. The Bertz CT molecular complexity index is 373. The number of rotatable bonds is 7. The molecule has 17 heavy (non-hydrogen) atoms. The molecule has 1 unspecified atom stereocenters. The van der Waals surface area contributed by atoms with Gasteiger partial charge in [-0.05, 0) is 26.8 Å². The van der Waals surface area contributed by atoms with Crippen LogP contribution in [0.5, 0.6) is 0 Å². The van der Waals surface area contributed by atoms with Crippen LogP contribution in [-0.4, -0.2) is 30.3 Å². The maximum Gasteiger partial charge on any atom is 0.339 e. The fraction of sp³-hybridized carbons (Fsp3) is 0.583. The maximum absolute atomic E-state index is 10.8. The molecule has 96 valence electrons. The third-order valence-electron chi connectivity index (χ3n) is 2.40. The lowest BCUT2D eigenvalue weighted by Gasteiger charge is -2.12. The first-order valence-electron chi connectivity index (χ1n) is 5.68. The van der Waals surface area contributed by atoms with Crippen LogP contribution in [0, 0.1) is 6.92 Å². The van der Waals surface area contributed by atoms with Gasteiger partial charge in [-0.3, -0.25) is 0 Å². The van der Waals surface area contributed by atoms with Gasteiger partial charge in [0, 0.05) is 12.6 Å². The van der Waals surface area contributed by atoms with Gasteiger partial charge in [0.15, 0.2) is 0 Å². The van der Waals surface area contributed by atoms with E-state index in [-0.39, 0.29) is 11.6 Å². The minimum Gasteiger partial charge on any atom is -0.478 e. The van der Waals surface area contributed by atoms with Crippen LogP contribution in [0.2, 0.25) is 0 Å². The molecular formula is C12H19NO4. The first kappa shape index (κ1) is 13.7. The number of carboxylic acids is 1. The summed E-state index contributed by atoms with van der Waals surface area (Å²) in [4.78, 5) is 10.8. The van der Waals surface area contributed by atoms with Gasteiger partial charge < -0.3 is 19.6 Å². The third kappa shape index (κ3) is 4.20. The van der Waals surface area contributed by atoms with E-state index in [9.17, 15) is 4.79 Å². The first-order chi connectivity index (χ1) is 8.04. The largest absolute Gasteiger partial charge is 0.478 e. The molecule has 0 amide bonds. The summed E-state index contributed by atoms with van der Waals surface area (Å²) in [5.41, 5.74) is 0.222. The van der Waals surface area contributed by atoms with Crippen LogP contribution in [0.1, 0.15) is 35.7 Å².